The normalized spacial score (nSPS) is 22.5. The lowest BCUT2D eigenvalue weighted by atomic mass is 10.1. The van der Waals surface area contributed by atoms with Gasteiger partial charge in [-0.1, -0.05) is 12.2 Å². The third-order valence-electron chi connectivity index (χ3n) is 1.36. The molecule has 3 heteroatoms. The lowest BCUT2D eigenvalue weighted by Crippen LogP contribution is -2.13. The molecule has 1 aliphatic rings. The highest BCUT2D eigenvalue weighted by Gasteiger charge is 2.25. The molecule has 0 unspecified atom stereocenters. The Morgan fingerprint density at radius 1 is 1.60 bits per heavy atom. The first kappa shape index (κ1) is 7.79. The SMILES string of the molecule is FC1(F)C=CC(CS)=CC1. The van der Waals surface area contributed by atoms with E-state index in [0.29, 0.717) is 5.75 Å². The molecule has 0 aromatic heterocycles. The van der Waals surface area contributed by atoms with Crippen LogP contribution < -0.4 is 0 Å². The second-order valence-electron chi connectivity index (χ2n) is 2.24. The van der Waals surface area contributed by atoms with Crippen LogP contribution >= 0.6 is 12.6 Å². The predicted octanol–water partition coefficient (Wildman–Crippen LogP) is 2.44. The molecule has 0 fully saturated rings. The summed E-state index contributed by atoms with van der Waals surface area (Å²) in [6, 6.07) is 0. The minimum absolute atomic E-state index is 0.181. The lowest BCUT2D eigenvalue weighted by Gasteiger charge is -2.13. The molecule has 0 nitrogen and oxygen atoms in total. The van der Waals surface area contributed by atoms with Crippen LogP contribution in [-0.4, -0.2) is 11.7 Å². The molecule has 0 N–H and O–H groups in total. The number of thiol groups is 1. The van der Waals surface area contributed by atoms with Crippen molar-refractivity contribution in [3.63, 3.8) is 0 Å². The van der Waals surface area contributed by atoms with Crippen LogP contribution in [0.15, 0.2) is 23.8 Å². The molecule has 0 aliphatic heterocycles. The van der Waals surface area contributed by atoms with E-state index in [2.05, 4.69) is 12.6 Å². The fourth-order valence-corrected chi connectivity index (χ4v) is 0.984. The Bertz CT molecular complexity index is 182. The van der Waals surface area contributed by atoms with Gasteiger partial charge in [-0.15, -0.1) is 0 Å². The zero-order valence-corrected chi connectivity index (χ0v) is 6.24. The van der Waals surface area contributed by atoms with E-state index in [1.165, 1.54) is 12.2 Å². The lowest BCUT2D eigenvalue weighted by molar-refractivity contribution is 0.0572. The second kappa shape index (κ2) is 2.74. The molecule has 0 heterocycles. The van der Waals surface area contributed by atoms with Crippen molar-refractivity contribution < 1.29 is 8.78 Å². The second-order valence-corrected chi connectivity index (χ2v) is 2.55. The van der Waals surface area contributed by atoms with Crippen LogP contribution in [-0.2, 0) is 0 Å². The standard InChI is InChI=1S/C7H8F2S/c8-7(9)3-1-6(5-10)2-4-7/h1-3,10H,4-5H2. The molecule has 56 valence electrons. The van der Waals surface area contributed by atoms with Gasteiger partial charge in [-0.3, -0.25) is 0 Å². The van der Waals surface area contributed by atoms with Crippen molar-refractivity contribution in [2.75, 3.05) is 5.75 Å². The van der Waals surface area contributed by atoms with Gasteiger partial charge in [-0.25, -0.2) is 8.78 Å². The molecule has 0 bridgehead atoms. The first-order chi connectivity index (χ1) is 4.64. The van der Waals surface area contributed by atoms with Gasteiger partial charge in [-0.05, 0) is 11.6 Å². The van der Waals surface area contributed by atoms with E-state index >= 15 is 0 Å². The predicted molar refractivity (Wildman–Crippen MR) is 40.6 cm³/mol. The number of rotatable bonds is 1. The highest BCUT2D eigenvalue weighted by Crippen LogP contribution is 2.26. The van der Waals surface area contributed by atoms with Gasteiger partial charge in [0.15, 0.2) is 0 Å². The molecule has 0 radical (unpaired) electrons. The smallest absolute Gasteiger partial charge is 0.202 e. The average Bonchev–Trinajstić information content (AvgIpc) is 1.88. The average molecular weight is 162 g/mol. The molecule has 0 saturated carbocycles. The van der Waals surface area contributed by atoms with Gasteiger partial charge in [0.1, 0.15) is 0 Å². The van der Waals surface area contributed by atoms with Crippen molar-refractivity contribution in [2.45, 2.75) is 12.3 Å². The molecule has 1 aliphatic carbocycles. The largest absolute Gasteiger partial charge is 0.270 e. The number of alkyl halides is 2. The molecule has 0 aromatic rings. The number of halogens is 2. The maximum Gasteiger partial charge on any atom is 0.270 e. The van der Waals surface area contributed by atoms with E-state index in [9.17, 15) is 8.78 Å². The van der Waals surface area contributed by atoms with E-state index in [1.807, 2.05) is 0 Å². The Morgan fingerprint density at radius 3 is 2.70 bits per heavy atom. The highest BCUT2D eigenvalue weighted by molar-refractivity contribution is 7.80. The van der Waals surface area contributed by atoms with Gasteiger partial charge in [0.05, 0.1) is 0 Å². The summed E-state index contributed by atoms with van der Waals surface area (Å²) in [5.41, 5.74) is 0.870. The number of allylic oxidation sites excluding steroid dienone is 3. The molecule has 0 amide bonds. The Labute approximate surface area is 64.0 Å². The quantitative estimate of drug-likeness (QED) is 0.562. The van der Waals surface area contributed by atoms with Crippen LogP contribution in [0.3, 0.4) is 0 Å². The first-order valence-corrected chi connectivity index (χ1v) is 3.64. The van der Waals surface area contributed by atoms with E-state index < -0.39 is 5.92 Å². The summed E-state index contributed by atoms with van der Waals surface area (Å²) in [6.45, 7) is 0. The zero-order chi connectivity index (χ0) is 7.61. The van der Waals surface area contributed by atoms with E-state index in [4.69, 9.17) is 0 Å². The Balaban J connectivity index is 2.63. The minimum Gasteiger partial charge on any atom is -0.202 e. The van der Waals surface area contributed by atoms with Crippen molar-refractivity contribution in [2.24, 2.45) is 0 Å². The number of hydrogen-bond donors (Lipinski definition) is 1. The maximum atomic E-state index is 12.4. The first-order valence-electron chi connectivity index (χ1n) is 3.01. The topological polar surface area (TPSA) is 0 Å². The summed E-state index contributed by atoms with van der Waals surface area (Å²) < 4.78 is 24.7. The molecule has 0 spiro atoms. The van der Waals surface area contributed by atoms with Gasteiger partial charge in [0.2, 0.25) is 0 Å². The minimum atomic E-state index is -2.63. The third-order valence-corrected chi connectivity index (χ3v) is 1.73. The zero-order valence-electron chi connectivity index (χ0n) is 5.35. The molecule has 10 heavy (non-hydrogen) atoms. The van der Waals surface area contributed by atoms with Gasteiger partial charge >= 0.3 is 0 Å². The molecular weight excluding hydrogens is 154 g/mol. The molecule has 1 rings (SSSR count). The summed E-state index contributed by atoms with van der Waals surface area (Å²) in [5.74, 6) is -2.10. The van der Waals surface area contributed by atoms with E-state index in [1.54, 1.807) is 0 Å². The fraction of sp³-hybridized carbons (Fsp3) is 0.429. The molecule has 0 aromatic carbocycles. The van der Waals surface area contributed by atoms with Gasteiger partial charge < -0.3 is 0 Å². The Morgan fingerprint density at radius 2 is 2.30 bits per heavy atom. The molecular formula is C7H8F2S. The van der Waals surface area contributed by atoms with Crippen LogP contribution in [0.2, 0.25) is 0 Å². The van der Waals surface area contributed by atoms with Gasteiger partial charge in [-0.2, -0.15) is 12.6 Å². The third kappa shape index (κ3) is 1.84. The highest BCUT2D eigenvalue weighted by atomic mass is 32.1. The fourth-order valence-electron chi connectivity index (χ4n) is 0.749. The van der Waals surface area contributed by atoms with Crippen molar-refractivity contribution in [1.29, 1.82) is 0 Å². The molecule has 0 atom stereocenters. The summed E-state index contributed by atoms with van der Waals surface area (Å²) >= 11 is 3.96. The van der Waals surface area contributed by atoms with E-state index in [0.717, 1.165) is 11.6 Å². The number of hydrogen-bond acceptors (Lipinski definition) is 1. The van der Waals surface area contributed by atoms with Crippen LogP contribution in [0.4, 0.5) is 8.78 Å². The van der Waals surface area contributed by atoms with Crippen LogP contribution in [0.25, 0.3) is 0 Å². The Kier molecular flexibility index (Phi) is 2.14. The van der Waals surface area contributed by atoms with Crippen molar-refractivity contribution in [3.05, 3.63) is 23.8 Å². The van der Waals surface area contributed by atoms with Crippen LogP contribution in [0, 0.1) is 0 Å². The summed E-state index contributed by atoms with van der Waals surface area (Å²) in [7, 11) is 0. The summed E-state index contributed by atoms with van der Waals surface area (Å²) in [6.07, 6.45) is 3.70. The molecule has 0 saturated heterocycles. The summed E-state index contributed by atoms with van der Waals surface area (Å²) in [5, 5.41) is 0. The summed E-state index contributed by atoms with van der Waals surface area (Å²) in [4.78, 5) is 0. The Hall–Kier alpha value is -0.310. The van der Waals surface area contributed by atoms with Crippen molar-refractivity contribution in [3.8, 4) is 0 Å². The monoisotopic (exact) mass is 162 g/mol. The maximum absolute atomic E-state index is 12.4. The van der Waals surface area contributed by atoms with Crippen LogP contribution in [0.5, 0.6) is 0 Å². The van der Waals surface area contributed by atoms with E-state index in [-0.39, 0.29) is 6.42 Å². The van der Waals surface area contributed by atoms with Gasteiger partial charge in [0.25, 0.3) is 5.92 Å². The van der Waals surface area contributed by atoms with Crippen molar-refractivity contribution in [1.82, 2.24) is 0 Å². The van der Waals surface area contributed by atoms with Crippen molar-refractivity contribution >= 4 is 12.6 Å². The van der Waals surface area contributed by atoms with Crippen LogP contribution in [0.1, 0.15) is 6.42 Å². The van der Waals surface area contributed by atoms with Gasteiger partial charge in [0, 0.05) is 12.2 Å².